The van der Waals surface area contributed by atoms with Crippen LogP contribution >= 0.6 is 22.6 Å². The van der Waals surface area contributed by atoms with Gasteiger partial charge in [0.15, 0.2) is 0 Å². The van der Waals surface area contributed by atoms with E-state index in [9.17, 15) is 4.79 Å². The first kappa shape index (κ1) is 20.3. The lowest BCUT2D eigenvalue weighted by atomic mass is 10.1. The van der Waals surface area contributed by atoms with E-state index in [1.807, 2.05) is 75.6 Å². The summed E-state index contributed by atoms with van der Waals surface area (Å²) in [5.41, 5.74) is 4.70. The van der Waals surface area contributed by atoms with Crippen molar-refractivity contribution in [3.8, 4) is 5.69 Å². The summed E-state index contributed by atoms with van der Waals surface area (Å²) in [5, 5.41) is 0.623. The smallest absolute Gasteiger partial charge is 0.266 e. The Balaban J connectivity index is 1.89. The van der Waals surface area contributed by atoms with Gasteiger partial charge in [-0.15, -0.1) is 0 Å². The lowest BCUT2D eigenvalue weighted by molar-refractivity contribution is 0.934. The third-order valence-corrected chi connectivity index (χ3v) is 5.72. The van der Waals surface area contributed by atoms with Gasteiger partial charge in [-0.25, -0.2) is 4.98 Å². The van der Waals surface area contributed by atoms with Crippen LogP contribution in [0.4, 0.5) is 5.69 Å². The summed E-state index contributed by atoms with van der Waals surface area (Å²) < 4.78 is 2.72. The van der Waals surface area contributed by atoms with Gasteiger partial charge in [0, 0.05) is 23.4 Å². The van der Waals surface area contributed by atoms with E-state index in [2.05, 4.69) is 51.8 Å². The molecule has 150 valence electrons. The number of rotatable bonds is 4. The van der Waals surface area contributed by atoms with Crippen molar-refractivity contribution >= 4 is 51.3 Å². The fraction of sp³-hybridized carbons (Fsp3) is 0.120. The van der Waals surface area contributed by atoms with Crippen LogP contribution < -0.4 is 10.5 Å². The van der Waals surface area contributed by atoms with Gasteiger partial charge >= 0.3 is 0 Å². The zero-order chi connectivity index (χ0) is 21.3. The summed E-state index contributed by atoms with van der Waals surface area (Å²) in [5.74, 6) is 0.611. The third-order valence-electron chi connectivity index (χ3n) is 5.05. The molecule has 4 aromatic rings. The Labute approximate surface area is 189 Å². The second kappa shape index (κ2) is 8.44. The molecule has 5 heteroatoms. The SMILES string of the molecule is Cc1ccccc1-n1c(C=Cc2ccc(N(C)C)cc2)nc2ccc(I)cc2c1=O. The molecule has 0 radical (unpaired) electrons. The van der Waals surface area contributed by atoms with Crippen LogP contribution in [0.15, 0.2) is 71.5 Å². The average Bonchev–Trinajstić information content (AvgIpc) is 2.74. The van der Waals surface area contributed by atoms with Crippen LogP contribution in [-0.4, -0.2) is 23.6 Å². The lowest BCUT2D eigenvalue weighted by Crippen LogP contribution is -2.23. The van der Waals surface area contributed by atoms with Crippen molar-refractivity contribution in [2.24, 2.45) is 0 Å². The summed E-state index contributed by atoms with van der Waals surface area (Å²) in [6.07, 6.45) is 3.91. The zero-order valence-electron chi connectivity index (χ0n) is 17.1. The van der Waals surface area contributed by atoms with Crippen LogP contribution in [0.5, 0.6) is 0 Å². The average molecular weight is 507 g/mol. The Bertz CT molecular complexity index is 1300. The molecule has 0 amide bonds. The summed E-state index contributed by atoms with van der Waals surface area (Å²) >= 11 is 2.22. The molecule has 0 spiro atoms. The number of para-hydroxylation sites is 1. The highest BCUT2D eigenvalue weighted by atomic mass is 127. The molecule has 0 aliphatic carbocycles. The molecule has 4 rings (SSSR count). The maximum Gasteiger partial charge on any atom is 0.266 e. The number of nitrogens with zero attached hydrogens (tertiary/aromatic N) is 3. The van der Waals surface area contributed by atoms with E-state index in [0.717, 1.165) is 26.1 Å². The lowest BCUT2D eigenvalue weighted by Gasteiger charge is -2.14. The van der Waals surface area contributed by atoms with Crippen molar-refractivity contribution in [1.29, 1.82) is 0 Å². The van der Waals surface area contributed by atoms with Gasteiger partial charge < -0.3 is 4.90 Å². The van der Waals surface area contributed by atoms with Crippen LogP contribution in [0.25, 0.3) is 28.7 Å². The summed E-state index contributed by atoms with van der Waals surface area (Å²) in [6.45, 7) is 2.01. The van der Waals surface area contributed by atoms with E-state index in [4.69, 9.17) is 4.98 Å². The molecule has 0 N–H and O–H groups in total. The molecule has 1 aromatic heterocycles. The number of fused-ring (bicyclic) bond motifs is 1. The number of hydrogen-bond donors (Lipinski definition) is 0. The van der Waals surface area contributed by atoms with Crippen LogP contribution in [0.1, 0.15) is 17.0 Å². The van der Waals surface area contributed by atoms with Gasteiger partial charge in [-0.05, 0) is 83.1 Å². The third kappa shape index (κ3) is 4.03. The molecule has 1 heterocycles. The molecule has 3 aromatic carbocycles. The molecule has 0 saturated carbocycles. The maximum atomic E-state index is 13.5. The van der Waals surface area contributed by atoms with Crippen LogP contribution in [0, 0.1) is 10.5 Å². The van der Waals surface area contributed by atoms with Gasteiger partial charge in [0.25, 0.3) is 5.56 Å². The van der Waals surface area contributed by atoms with Crippen molar-refractivity contribution in [2.45, 2.75) is 6.92 Å². The Hall–Kier alpha value is -2.93. The second-order valence-electron chi connectivity index (χ2n) is 7.38. The normalized spacial score (nSPS) is 11.3. The first-order valence-corrected chi connectivity index (χ1v) is 10.8. The highest BCUT2D eigenvalue weighted by molar-refractivity contribution is 14.1. The molecule has 0 aliphatic heterocycles. The summed E-state index contributed by atoms with van der Waals surface area (Å²) in [6, 6.07) is 21.9. The van der Waals surface area contributed by atoms with Crippen molar-refractivity contribution in [2.75, 3.05) is 19.0 Å². The maximum absolute atomic E-state index is 13.5. The first-order valence-electron chi connectivity index (χ1n) is 9.68. The Kier molecular flexibility index (Phi) is 5.72. The van der Waals surface area contributed by atoms with Gasteiger partial charge in [-0.3, -0.25) is 9.36 Å². The van der Waals surface area contributed by atoms with Crippen molar-refractivity contribution < 1.29 is 0 Å². The largest absolute Gasteiger partial charge is 0.378 e. The molecule has 0 fully saturated rings. The van der Waals surface area contributed by atoms with Gasteiger partial charge in [0.05, 0.1) is 16.6 Å². The zero-order valence-corrected chi connectivity index (χ0v) is 19.3. The van der Waals surface area contributed by atoms with Gasteiger partial charge in [0.2, 0.25) is 0 Å². The van der Waals surface area contributed by atoms with Crippen molar-refractivity contribution in [3.05, 3.63) is 97.6 Å². The quantitative estimate of drug-likeness (QED) is 0.341. The highest BCUT2D eigenvalue weighted by Crippen LogP contribution is 2.20. The van der Waals surface area contributed by atoms with Crippen LogP contribution in [0.3, 0.4) is 0 Å². The molecule has 0 unspecified atom stereocenters. The fourth-order valence-electron chi connectivity index (χ4n) is 3.39. The van der Waals surface area contributed by atoms with Crippen LogP contribution in [-0.2, 0) is 0 Å². The number of anilines is 1. The Morgan fingerprint density at radius 2 is 1.70 bits per heavy atom. The predicted octanol–water partition coefficient (Wildman–Crippen LogP) is 5.54. The minimum absolute atomic E-state index is 0.0598. The fourth-order valence-corrected chi connectivity index (χ4v) is 3.88. The topological polar surface area (TPSA) is 38.1 Å². The number of hydrogen-bond acceptors (Lipinski definition) is 3. The van der Waals surface area contributed by atoms with E-state index in [1.165, 1.54) is 0 Å². The number of halogens is 1. The number of benzene rings is 3. The number of aryl methyl sites for hydroxylation is 1. The Morgan fingerprint density at radius 1 is 0.967 bits per heavy atom. The van der Waals surface area contributed by atoms with Crippen molar-refractivity contribution in [3.63, 3.8) is 0 Å². The minimum Gasteiger partial charge on any atom is -0.378 e. The van der Waals surface area contributed by atoms with Gasteiger partial charge in [-0.2, -0.15) is 0 Å². The number of aromatic nitrogens is 2. The first-order chi connectivity index (χ1) is 14.4. The van der Waals surface area contributed by atoms with E-state index in [1.54, 1.807) is 4.57 Å². The highest BCUT2D eigenvalue weighted by Gasteiger charge is 2.13. The second-order valence-corrected chi connectivity index (χ2v) is 8.62. The molecular formula is C25H22IN3O. The monoisotopic (exact) mass is 507 g/mol. The Morgan fingerprint density at radius 3 is 2.40 bits per heavy atom. The molecule has 30 heavy (non-hydrogen) atoms. The van der Waals surface area contributed by atoms with E-state index < -0.39 is 0 Å². The van der Waals surface area contributed by atoms with Gasteiger partial charge in [0.1, 0.15) is 5.82 Å². The van der Waals surface area contributed by atoms with E-state index >= 15 is 0 Å². The van der Waals surface area contributed by atoms with E-state index in [-0.39, 0.29) is 5.56 Å². The standard InChI is InChI=1S/C25H22IN3O/c1-17-6-4-5-7-23(17)29-24(15-10-18-8-12-20(13-9-18)28(2)3)27-22-14-11-19(26)16-21(22)25(29)30/h4-16H,1-3H3. The van der Waals surface area contributed by atoms with Crippen LogP contribution in [0.2, 0.25) is 0 Å². The molecule has 0 atom stereocenters. The molecular weight excluding hydrogens is 485 g/mol. The summed E-state index contributed by atoms with van der Waals surface area (Å²) in [4.78, 5) is 20.4. The minimum atomic E-state index is -0.0598. The molecule has 4 nitrogen and oxygen atoms in total. The predicted molar refractivity (Wildman–Crippen MR) is 134 cm³/mol. The van der Waals surface area contributed by atoms with Crippen molar-refractivity contribution in [1.82, 2.24) is 9.55 Å². The van der Waals surface area contributed by atoms with E-state index in [0.29, 0.717) is 16.7 Å². The van der Waals surface area contributed by atoms with Gasteiger partial charge in [-0.1, -0.05) is 36.4 Å². The molecule has 0 aliphatic rings. The summed E-state index contributed by atoms with van der Waals surface area (Å²) in [7, 11) is 4.04. The molecule has 0 saturated heterocycles. The molecule has 0 bridgehead atoms.